The molecular weight excluding hydrogens is 320 g/mol. The molecule has 21 heavy (non-hydrogen) atoms. The van der Waals surface area contributed by atoms with Gasteiger partial charge in [-0.25, -0.2) is 0 Å². The Labute approximate surface area is 138 Å². The zero-order valence-electron chi connectivity index (χ0n) is 11.5. The minimum absolute atomic E-state index is 0.0181. The molecule has 1 aliphatic heterocycles. The lowest BCUT2D eigenvalue weighted by molar-refractivity contribution is -0.122. The maximum atomic E-state index is 12.3. The molecular formula is C15H14N2OS3. The standard InChI is InChI=1S/C15H14N2OS3/c1-20-8-2-7-17-14(18)13(21-15(17)19)9-11-3-5-12(10-16)6-4-11/h3-6,9H,2,7-8H2,1H3/b13-9+. The summed E-state index contributed by atoms with van der Waals surface area (Å²) in [6.45, 7) is 0.677. The molecule has 3 nitrogen and oxygen atoms in total. The number of thiocarbonyl (C=S) groups is 1. The quantitative estimate of drug-likeness (QED) is 0.468. The van der Waals surface area contributed by atoms with Crippen LogP contribution in [0.3, 0.4) is 0 Å². The van der Waals surface area contributed by atoms with Crippen LogP contribution in [-0.4, -0.2) is 33.7 Å². The van der Waals surface area contributed by atoms with Crippen LogP contribution in [0.5, 0.6) is 0 Å². The molecule has 0 radical (unpaired) electrons. The molecule has 0 saturated carbocycles. The Morgan fingerprint density at radius 1 is 1.43 bits per heavy atom. The number of hydrogen-bond donors (Lipinski definition) is 0. The lowest BCUT2D eigenvalue weighted by Crippen LogP contribution is -2.29. The first-order valence-electron chi connectivity index (χ1n) is 6.40. The van der Waals surface area contributed by atoms with Gasteiger partial charge >= 0.3 is 0 Å². The van der Waals surface area contributed by atoms with E-state index in [0.29, 0.717) is 21.3 Å². The number of benzene rings is 1. The normalized spacial score (nSPS) is 16.6. The van der Waals surface area contributed by atoms with Crippen LogP contribution < -0.4 is 0 Å². The Bertz CT molecular complexity index is 617. The summed E-state index contributed by atoms with van der Waals surface area (Å²) >= 11 is 8.38. The molecule has 2 rings (SSSR count). The highest BCUT2D eigenvalue weighted by molar-refractivity contribution is 8.26. The van der Waals surface area contributed by atoms with Crippen LogP contribution in [-0.2, 0) is 4.79 Å². The number of thioether (sulfide) groups is 2. The summed E-state index contributed by atoms with van der Waals surface area (Å²) in [5.41, 5.74) is 1.51. The van der Waals surface area contributed by atoms with Crippen LogP contribution in [0.1, 0.15) is 17.5 Å². The van der Waals surface area contributed by atoms with Gasteiger partial charge in [0.25, 0.3) is 5.91 Å². The Kier molecular flexibility index (Phi) is 5.85. The highest BCUT2D eigenvalue weighted by Crippen LogP contribution is 2.32. The van der Waals surface area contributed by atoms with Gasteiger partial charge in [-0.3, -0.25) is 9.69 Å². The maximum Gasteiger partial charge on any atom is 0.266 e. The summed E-state index contributed by atoms with van der Waals surface area (Å²) in [7, 11) is 0. The van der Waals surface area contributed by atoms with Gasteiger partial charge < -0.3 is 0 Å². The van der Waals surface area contributed by atoms with Crippen molar-refractivity contribution in [2.24, 2.45) is 0 Å². The molecule has 0 atom stereocenters. The summed E-state index contributed by atoms with van der Waals surface area (Å²) in [4.78, 5) is 14.6. The van der Waals surface area contributed by atoms with Crippen LogP contribution in [0.2, 0.25) is 0 Å². The van der Waals surface area contributed by atoms with Crippen molar-refractivity contribution < 1.29 is 4.79 Å². The first-order chi connectivity index (χ1) is 10.2. The number of nitrogens with zero attached hydrogens (tertiary/aromatic N) is 2. The summed E-state index contributed by atoms with van der Waals surface area (Å²) in [6, 6.07) is 9.22. The second-order valence-corrected chi connectivity index (χ2v) is 7.07. The molecule has 0 spiro atoms. The molecule has 0 aromatic heterocycles. The van der Waals surface area contributed by atoms with Crippen LogP contribution in [0.4, 0.5) is 0 Å². The molecule has 1 fully saturated rings. The third-order valence-corrected chi connectivity index (χ3v) is 5.02. The number of rotatable bonds is 5. The van der Waals surface area contributed by atoms with E-state index in [2.05, 4.69) is 12.3 Å². The molecule has 0 N–H and O–H groups in total. The second-order valence-electron chi connectivity index (χ2n) is 4.41. The van der Waals surface area contributed by atoms with E-state index in [1.807, 2.05) is 18.2 Å². The smallest absolute Gasteiger partial charge is 0.266 e. The zero-order chi connectivity index (χ0) is 15.2. The van der Waals surface area contributed by atoms with Crippen molar-refractivity contribution in [2.45, 2.75) is 6.42 Å². The van der Waals surface area contributed by atoms with Gasteiger partial charge in [-0.2, -0.15) is 17.0 Å². The zero-order valence-corrected chi connectivity index (χ0v) is 14.0. The average Bonchev–Trinajstić information content (AvgIpc) is 2.75. The van der Waals surface area contributed by atoms with Crippen molar-refractivity contribution in [2.75, 3.05) is 18.6 Å². The fraction of sp³-hybridized carbons (Fsp3) is 0.267. The van der Waals surface area contributed by atoms with E-state index in [-0.39, 0.29) is 5.91 Å². The van der Waals surface area contributed by atoms with Gasteiger partial charge in [0.05, 0.1) is 16.5 Å². The van der Waals surface area contributed by atoms with Gasteiger partial charge in [0.2, 0.25) is 0 Å². The second kappa shape index (κ2) is 7.64. The van der Waals surface area contributed by atoms with E-state index in [0.717, 1.165) is 17.7 Å². The molecule has 0 bridgehead atoms. The van der Waals surface area contributed by atoms with E-state index in [1.165, 1.54) is 11.8 Å². The Hall–Kier alpha value is -1.29. The van der Waals surface area contributed by atoms with Crippen molar-refractivity contribution in [1.82, 2.24) is 4.90 Å². The van der Waals surface area contributed by atoms with Crippen LogP contribution in [0.15, 0.2) is 29.2 Å². The fourth-order valence-electron chi connectivity index (χ4n) is 1.87. The third kappa shape index (κ3) is 4.10. The van der Waals surface area contributed by atoms with Gasteiger partial charge in [0, 0.05) is 6.54 Å². The molecule has 1 aromatic rings. The highest BCUT2D eigenvalue weighted by atomic mass is 32.2. The molecule has 108 valence electrons. The monoisotopic (exact) mass is 334 g/mol. The van der Waals surface area contributed by atoms with Crippen molar-refractivity contribution >= 4 is 52.0 Å². The number of carbonyl (C=O) groups is 1. The molecule has 6 heteroatoms. The maximum absolute atomic E-state index is 12.3. The Morgan fingerprint density at radius 3 is 2.76 bits per heavy atom. The molecule has 1 heterocycles. The van der Waals surface area contributed by atoms with Crippen molar-refractivity contribution in [3.8, 4) is 6.07 Å². The van der Waals surface area contributed by atoms with Crippen molar-refractivity contribution in [1.29, 1.82) is 5.26 Å². The average molecular weight is 334 g/mol. The van der Waals surface area contributed by atoms with E-state index in [4.69, 9.17) is 17.5 Å². The number of nitriles is 1. The Balaban J connectivity index is 2.10. The number of amides is 1. The minimum Gasteiger partial charge on any atom is -0.293 e. The topological polar surface area (TPSA) is 44.1 Å². The largest absolute Gasteiger partial charge is 0.293 e. The van der Waals surface area contributed by atoms with Crippen LogP contribution >= 0.6 is 35.7 Å². The lowest BCUT2D eigenvalue weighted by Gasteiger charge is -2.13. The van der Waals surface area contributed by atoms with Crippen molar-refractivity contribution in [3.63, 3.8) is 0 Å². The molecule has 1 saturated heterocycles. The van der Waals surface area contributed by atoms with Gasteiger partial charge in [0.1, 0.15) is 4.32 Å². The van der Waals surface area contributed by atoms with Crippen molar-refractivity contribution in [3.05, 3.63) is 40.3 Å². The number of carbonyl (C=O) groups excluding carboxylic acids is 1. The first kappa shape index (κ1) is 16.1. The lowest BCUT2D eigenvalue weighted by atomic mass is 10.1. The summed E-state index contributed by atoms with van der Waals surface area (Å²) < 4.78 is 0.626. The fourth-order valence-corrected chi connectivity index (χ4v) is 3.59. The summed E-state index contributed by atoms with van der Waals surface area (Å²) in [5.74, 6) is 1.00. The van der Waals surface area contributed by atoms with Crippen LogP contribution in [0, 0.1) is 11.3 Å². The van der Waals surface area contributed by atoms with E-state index in [1.54, 1.807) is 28.8 Å². The number of hydrogen-bond acceptors (Lipinski definition) is 5. The summed E-state index contributed by atoms with van der Waals surface area (Å²) in [6.07, 6.45) is 4.82. The van der Waals surface area contributed by atoms with E-state index < -0.39 is 0 Å². The SMILES string of the molecule is CSCCCN1C(=O)/C(=C\c2ccc(C#N)cc2)SC1=S. The minimum atomic E-state index is -0.0181. The predicted molar refractivity (Wildman–Crippen MR) is 94.0 cm³/mol. The molecule has 0 aliphatic carbocycles. The highest BCUT2D eigenvalue weighted by Gasteiger charge is 2.31. The van der Waals surface area contributed by atoms with Gasteiger partial charge in [-0.15, -0.1) is 0 Å². The Morgan fingerprint density at radius 2 is 2.14 bits per heavy atom. The van der Waals surface area contributed by atoms with Crippen LogP contribution in [0.25, 0.3) is 6.08 Å². The van der Waals surface area contributed by atoms with Gasteiger partial charge in [0.15, 0.2) is 0 Å². The molecule has 1 aliphatic rings. The van der Waals surface area contributed by atoms with Gasteiger partial charge in [-0.1, -0.05) is 36.1 Å². The predicted octanol–water partition coefficient (Wildman–Crippen LogP) is 3.51. The first-order valence-corrected chi connectivity index (χ1v) is 9.02. The molecule has 1 aromatic carbocycles. The van der Waals surface area contributed by atoms with Gasteiger partial charge in [-0.05, 0) is 42.2 Å². The molecule has 1 amide bonds. The summed E-state index contributed by atoms with van der Waals surface area (Å²) in [5, 5.41) is 8.78. The van der Waals surface area contributed by atoms with E-state index in [9.17, 15) is 4.79 Å². The van der Waals surface area contributed by atoms with E-state index >= 15 is 0 Å². The third-order valence-electron chi connectivity index (χ3n) is 2.94. The molecule has 0 unspecified atom stereocenters.